The van der Waals surface area contributed by atoms with E-state index in [0.29, 0.717) is 34.9 Å². The number of benzene rings is 9. The van der Waals surface area contributed by atoms with Gasteiger partial charge in [0.2, 0.25) is 0 Å². The molecule has 0 radical (unpaired) electrons. The lowest BCUT2D eigenvalue weighted by Crippen LogP contribution is -2.05. The summed E-state index contributed by atoms with van der Waals surface area (Å²) < 4.78 is 4.63. The van der Waals surface area contributed by atoms with Crippen LogP contribution in [0.1, 0.15) is 0 Å². The minimum Gasteiger partial charge on any atom is -0.309 e. The van der Waals surface area contributed by atoms with Gasteiger partial charge in [-0.05, 0) is 66.7 Å². The molecule has 0 aliphatic rings. The summed E-state index contributed by atoms with van der Waals surface area (Å²) >= 11 is 0. The first-order valence-electron chi connectivity index (χ1n) is 22.6. The van der Waals surface area contributed by atoms with E-state index in [2.05, 4.69) is 143 Å². The van der Waals surface area contributed by atoms with Gasteiger partial charge < -0.3 is 9.13 Å². The van der Waals surface area contributed by atoms with Crippen molar-refractivity contribution in [3.8, 4) is 79.7 Å². The summed E-state index contributed by atoms with van der Waals surface area (Å²) in [5.41, 5.74) is 11.5. The minimum absolute atomic E-state index is 0.522. The zero-order chi connectivity index (χ0) is 45.0. The van der Waals surface area contributed by atoms with Crippen molar-refractivity contribution in [2.45, 2.75) is 0 Å². The molecule has 0 aliphatic heterocycles. The molecule has 0 saturated carbocycles. The third-order valence-electron chi connectivity index (χ3n) is 12.6. The summed E-state index contributed by atoms with van der Waals surface area (Å²) in [5, 5.41) is 4.57. The van der Waals surface area contributed by atoms with Crippen molar-refractivity contribution < 1.29 is 0 Å². The maximum Gasteiger partial charge on any atom is 0.166 e. The van der Waals surface area contributed by atoms with Crippen molar-refractivity contribution in [1.29, 1.82) is 0 Å². The zero-order valence-corrected chi connectivity index (χ0v) is 36.5. The third-order valence-corrected chi connectivity index (χ3v) is 12.6. The van der Waals surface area contributed by atoms with Crippen molar-refractivity contribution in [3.05, 3.63) is 231 Å². The Labute approximate surface area is 391 Å². The Morgan fingerprint density at radius 1 is 0.235 bits per heavy atom. The van der Waals surface area contributed by atoms with E-state index >= 15 is 0 Å². The summed E-state index contributed by atoms with van der Waals surface area (Å²) in [6.07, 6.45) is 0. The van der Waals surface area contributed by atoms with Crippen LogP contribution in [-0.2, 0) is 0 Å². The highest BCUT2D eigenvalue weighted by molar-refractivity contribution is 6.11. The van der Waals surface area contributed by atoms with Crippen LogP contribution >= 0.6 is 0 Å². The Kier molecular flexibility index (Phi) is 9.31. The van der Waals surface area contributed by atoms with E-state index in [0.717, 1.165) is 88.4 Å². The molecule has 68 heavy (non-hydrogen) atoms. The molecule has 318 valence electrons. The lowest BCUT2D eigenvalue weighted by Gasteiger charge is -2.16. The Bertz CT molecular complexity index is 3900. The van der Waals surface area contributed by atoms with Crippen LogP contribution < -0.4 is 0 Å². The standard InChI is InChI=1S/C60H38N8/c1-5-19-39(20-6-1)55-62-58(42-33-35-53-48(37-42)47-29-15-16-30-50(47)67(53)44-25-11-4-12-26-44)64-59(63-55)43-34-36-54(68-51-31-17-13-27-45(51)46-28-14-18-32-52(46)68)49(38-43)60-65-56(40-21-7-2-8-22-40)61-57(66-60)41-23-9-3-10-24-41/h1-38H. The van der Waals surface area contributed by atoms with Gasteiger partial charge in [0.05, 0.1) is 27.8 Å². The normalized spacial score (nSPS) is 11.5. The first kappa shape index (κ1) is 39.0. The number of aromatic nitrogens is 8. The number of hydrogen-bond donors (Lipinski definition) is 0. The SMILES string of the molecule is c1ccc(-c2nc(-c3ccc(-n4c5ccccc5c5ccccc54)c(-c4nc(-c5ccccc5)nc(-c5ccccc5)n4)c3)nc(-c3ccc4c(c3)c3ccccc3n4-c3ccccc3)n2)cc1. The predicted octanol–water partition coefficient (Wildman–Crippen LogP) is 14.3. The molecule has 9 aromatic carbocycles. The van der Waals surface area contributed by atoms with Crippen molar-refractivity contribution in [2.24, 2.45) is 0 Å². The van der Waals surface area contributed by atoms with Crippen LogP contribution in [0.25, 0.3) is 123 Å². The first-order valence-corrected chi connectivity index (χ1v) is 22.6. The smallest absolute Gasteiger partial charge is 0.166 e. The Balaban J connectivity index is 1.06. The van der Waals surface area contributed by atoms with Crippen LogP contribution in [0, 0.1) is 0 Å². The van der Waals surface area contributed by atoms with E-state index in [1.54, 1.807) is 0 Å². The molecule has 0 amide bonds. The molecule has 0 aliphatic carbocycles. The quantitative estimate of drug-likeness (QED) is 0.151. The highest BCUT2D eigenvalue weighted by Crippen LogP contribution is 2.39. The molecule has 0 bridgehead atoms. The molecule has 13 rings (SSSR count). The average Bonchev–Trinajstić information content (AvgIpc) is 3.94. The molecule has 0 spiro atoms. The number of hydrogen-bond acceptors (Lipinski definition) is 6. The highest BCUT2D eigenvalue weighted by atomic mass is 15.1. The fourth-order valence-corrected chi connectivity index (χ4v) is 9.48. The van der Waals surface area contributed by atoms with Crippen LogP contribution in [-0.4, -0.2) is 39.0 Å². The summed E-state index contributed by atoms with van der Waals surface area (Å²) in [4.78, 5) is 31.4. The maximum absolute atomic E-state index is 5.32. The van der Waals surface area contributed by atoms with Gasteiger partial charge in [0.15, 0.2) is 34.9 Å². The molecule has 13 aromatic rings. The monoisotopic (exact) mass is 870 g/mol. The van der Waals surface area contributed by atoms with Gasteiger partial charge in [0, 0.05) is 60.6 Å². The van der Waals surface area contributed by atoms with Crippen LogP contribution in [0.2, 0.25) is 0 Å². The molecule has 0 N–H and O–H groups in total. The summed E-state index contributed by atoms with van der Waals surface area (Å²) in [5.74, 6) is 3.34. The fourth-order valence-electron chi connectivity index (χ4n) is 9.48. The van der Waals surface area contributed by atoms with Crippen LogP contribution in [0.3, 0.4) is 0 Å². The third kappa shape index (κ3) is 6.70. The number of fused-ring (bicyclic) bond motifs is 6. The van der Waals surface area contributed by atoms with Crippen molar-refractivity contribution in [2.75, 3.05) is 0 Å². The van der Waals surface area contributed by atoms with E-state index in [-0.39, 0.29) is 0 Å². The molecule has 4 aromatic heterocycles. The van der Waals surface area contributed by atoms with Gasteiger partial charge in [-0.2, -0.15) is 0 Å². The molecule has 8 heteroatoms. The molecule has 0 unspecified atom stereocenters. The largest absolute Gasteiger partial charge is 0.309 e. The van der Waals surface area contributed by atoms with Gasteiger partial charge in [0.1, 0.15) is 0 Å². The van der Waals surface area contributed by atoms with E-state index < -0.39 is 0 Å². The Morgan fingerprint density at radius 2 is 0.588 bits per heavy atom. The van der Waals surface area contributed by atoms with Gasteiger partial charge in [-0.3, -0.25) is 0 Å². The van der Waals surface area contributed by atoms with Crippen LogP contribution in [0.4, 0.5) is 0 Å². The summed E-state index contributed by atoms with van der Waals surface area (Å²) in [6, 6.07) is 79.3. The van der Waals surface area contributed by atoms with Gasteiger partial charge >= 0.3 is 0 Å². The van der Waals surface area contributed by atoms with Gasteiger partial charge in [0.25, 0.3) is 0 Å². The van der Waals surface area contributed by atoms with Gasteiger partial charge in [-0.25, -0.2) is 29.9 Å². The minimum atomic E-state index is 0.522. The van der Waals surface area contributed by atoms with Gasteiger partial charge in [-0.15, -0.1) is 0 Å². The van der Waals surface area contributed by atoms with Crippen LogP contribution in [0.5, 0.6) is 0 Å². The fraction of sp³-hybridized carbons (Fsp3) is 0. The molecule has 4 heterocycles. The van der Waals surface area contributed by atoms with Crippen molar-refractivity contribution >= 4 is 43.6 Å². The predicted molar refractivity (Wildman–Crippen MR) is 275 cm³/mol. The molecule has 0 fully saturated rings. The van der Waals surface area contributed by atoms with Crippen molar-refractivity contribution in [3.63, 3.8) is 0 Å². The number of para-hydroxylation sites is 4. The van der Waals surface area contributed by atoms with Crippen molar-refractivity contribution in [1.82, 2.24) is 39.0 Å². The second-order valence-electron chi connectivity index (χ2n) is 16.7. The van der Waals surface area contributed by atoms with E-state index in [1.807, 2.05) is 97.1 Å². The lowest BCUT2D eigenvalue weighted by atomic mass is 10.0. The molecule has 8 nitrogen and oxygen atoms in total. The number of nitrogens with zero attached hydrogens (tertiary/aromatic N) is 8. The second kappa shape index (κ2) is 16.2. The topological polar surface area (TPSA) is 87.2 Å². The molecular formula is C60H38N8. The van der Waals surface area contributed by atoms with E-state index in [4.69, 9.17) is 29.9 Å². The first-order chi connectivity index (χ1) is 33.7. The second-order valence-corrected chi connectivity index (χ2v) is 16.7. The average molecular weight is 871 g/mol. The van der Waals surface area contributed by atoms with Crippen LogP contribution in [0.15, 0.2) is 231 Å². The lowest BCUT2D eigenvalue weighted by molar-refractivity contribution is 1.06. The zero-order valence-electron chi connectivity index (χ0n) is 36.5. The molecular weight excluding hydrogens is 833 g/mol. The highest BCUT2D eigenvalue weighted by Gasteiger charge is 2.22. The van der Waals surface area contributed by atoms with E-state index in [1.165, 1.54) is 0 Å². The van der Waals surface area contributed by atoms with E-state index in [9.17, 15) is 0 Å². The maximum atomic E-state index is 5.32. The number of rotatable bonds is 8. The van der Waals surface area contributed by atoms with Gasteiger partial charge in [-0.1, -0.05) is 164 Å². The Hall–Kier alpha value is -9.40. The Morgan fingerprint density at radius 3 is 1.09 bits per heavy atom. The summed E-state index contributed by atoms with van der Waals surface area (Å²) in [6.45, 7) is 0. The summed E-state index contributed by atoms with van der Waals surface area (Å²) in [7, 11) is 0. The molecule has 0 atom stereocenters. The molecule has 0 saturated heterocycles.